The molecule has 0 aliphatic rings. The van der Waals surface area contributed by atoms with Crippen molar-refractivity contribution in [1.82, 2.24) is 25.0 Å². The molecule has 0 unspecified atom stereocenters. The smallest absolute Gasteiger partial charge is 0.194 e. The zero-order chi connectivity index (χ0) is 17.4. The van der Waals surface area contributed by atoms with Crippen LogP contribution in [0.25, 0.3) is 0 Å². The van der Waals surface area contributed by atoms with E-state index in [9.17, 15) is 0 Å². The molecule has 0 bridgehead atoms. The minimum Gasteiger partial charge on any atom is -0.494 e. The number of hydrogen-bond acceptors (Lipinski definition) is 4. The fourth-order valence-corrected chi connectivity index (χ4v) is 2.27. The largest absolute Gasteiger partial charge is 0.494 e. The summed E-state index contributed by atoms with van der Waals surface area (Å²) in [7, 11) is 3.94. The van der Waals surface area contributed by atoms with Crippen LogP contribution >= 0.6 is 24.0 Å². The first-order valence-electron chi connectivity index (χ1n) is 8.18. The minimum absolute atomic E-state index is 0. The van der Waals surface area contributed by atoms with Crippen LogP contribution in [0.3, 0.4) is 0 Å². The van der Waals surface area contributed by atoms with Gasteiger partial charge >= 0.3 is 0 Å². The Morgan fingerprint density at radius 2 is 2.00 bits per heavy atom. The number of aliphatic imine (C=N–C) groups is 1. The van der Waals surface area contributed by atoms with E-state index in [1.807, 2.05) is 37.7 Å². The SMILES string of the molecule is CCNC(=NCc1nncn1C)N(C)Cc1ccc(OCC)cc1.I. The van der Waals surface area contributed by atoms with E-state index in [-0.39, 0.29) is 24.0 Å². The van der Waals surface area contributed by atoms with Crippen molar-refractivity contribution in [2.45, 2.75) is 26.9 Å². The molecule has 0 aliphatic carbocycles. The number of aromatic nitrogens is 3. The molecule has 138 valence electrons. The number of rotatable bonds is 7. The topological polar surface area (TPSA) is 67.6 Å². The molecule has 1 heterocycles. The highest BCUT2D eigenvalue weighted by Gasteiger charge is 2.08. The van der Waals surface area contributed by atoms with E-state index in [0.29, 0.717) is 13.2 Å². The summed E-state index contributed by atoms with van der Waals surface area (Å²) in [5.41, 5.74) is 1.20. The predicted octanol–water partition coefficient (Wildman–Crippen LogP) is 2.43. The van der Waals surface area contributed by atoms with Crippen molar-refractivity contribution in [1.29, 1.82) is 0 Å². The third-order valence-corrected chi connectivity index (χ3v) is 3.53. The Morgan fingerprint density at radius 3 is 2.56 bits per heavy atom. The number of aryl methyl sites for hydroxylation is 1. The van der Waals surface area contributed by atoms with Crippen LogP contribution in [0.15, 0.2) is 35.6 Å². The average molecular weight is 458 g/mol. The number of benzene rings is 1. The summed E-state index contributed by atoms with van der Waals surface area (Å²) >= 11 is 0. The van der Waals surface area contributed by atoms with Crippen LogP contribution in [0, 0.1) is 0 Å². The van der Waals surface area contributed by atoms with Crippen molar-refractivity contribution in [3.63, 3.8) is 0 Å². The fraction of sp³-hybridized carbons (Fsp3) is 0.471. The monoisotopic (exact) mass is 458 g/mol. The molecule has 7 nitrogen and oxygen atoms in total. The van der Waals surface area contributed by atoms with Gasteiger partial charge in [-0.1, -0.05) is 12.1 Å². The Bertz CT molecular complexity index is 655. The molecule has 0 atom stereocenters. The third-order valence-electron chi connectivity index (χ3n) is 3.53. The van der Waals surface area contributed by atoms with Crippen molar-refractivity contribution >= 4 is 29.9 Å². The second kappa shape index (κ2) is 10.9. The highest BCUT2D eigenvalue weighted by Crippen LogP contribution is 2.13. The van der Waals surface area contributed by atoms with Crippen molar-refractivity contribution in [3.8, 4) is 5.75 Å². The van der Waals surface area contributed by atoms with Crippen LogP contribution in [0.4, 0.5) is 0 Å². The first-order chi connectivity index (χ1) is 11.6. The molecule has 0 amide bonds. The first kappa shape index (κ1) is 21.2. The van der Waals surface area contributed by atoms with Crippen LogP contribution < -0.4 is 10.1 Å². The van der Waals surface area contributed by atoms with Crippen LogP contribution in [-0.2, 0) is 20.1 Å². The summed E-state index contributed by atoms with van der Waals surface area (Å²) < 4.78 is 7.35. The van der Waals surface area contributed by atoms with Crippen LogP contribution in [0.1, 0.15) is 25.2 Å². The summed E-state index contributed by atoms with van der Waals surface area (Å²) in [6, 6.07) is 8.15. The number of nitrogens with zero attached hydrogens (tertiary/aromatic N) is 5. The average Bonchev–Trinajstić information content (AvgIpc) is 2.98. The standard InChI is InChI=1S/C17H26N6O.HI/c1-5-18-17(19-11-16-21-20-13-23(16)4)22(3)12-14-7-9-15(10-8-14)24-6-2;/h7-10,13H,5-6,11-12H2,1-4H3,(H,18,19);1H. The molecular formula is C17H27IN6O. The second-order valence-electron chi connectivity index (χ2n) is 5.46. The lowest BCUT2D eigenvalue weighted by Gasteiger charge is -2.22. The Kier molecular flexibility index (Phi) is 9.25. The van der Waals surface area contributed by atoms with E-state index in [2.05, 4.69) is 44.5 Å². The predicted molar refractivity (Wildman–Crippen MR) is 110 cm³/mol. The minimum atomic E-state index is 0. The second-order valence-corrected chi connectivity index (χ2v) is 5.46. The summed E-state index contributed by atoms with van der Waals surface area (Å²) in [6.45, 7) is 6.79. The Labute approximate surface area is 166 Å². The number of halogens is 1. The van der Waals surface area contributed by atoms with Crippen LogP contribution in [-0.4, -0.2) is 45.8 Å². The maximum Gasteiger partial charge on any atom is 0.194 e. The van der Waals surface area contributed by atoms with E-state index in [1.165, 1.54) is 5.56 Å². The quantitative estimate of drug-likeness (QED) is 0.392. The molecule has 0 saturated heterocycles. The van der Waals surface area contributed by atoms with E-state index < -0.39 is 0 Å². The van der Waals surface area contributed by atoms with E-state index in [0.717, 1.165) is 30.6 Å². The van der Waals surface area contributed by atoms with Gasteiger partial charge < -0.3 is 19.5 Å². The van der Waals surface area contributed by atoms with Gasteiger partial charge in [-0.2, -0.15) is 0 Å². The lowest BCUT2D eigenvalue weighted by Crippen LogP contribution is -2.38. The van der Waals surface area contributed by atoms with Gasteiger partial charge in [0.15, 0.2) is 11.8 Å². The molecule has 0 spiro atoms. The number of ether oxygens (including phenoxy) is 1. The summed E-state index contributed by atoms with van der Waals surface area (Å²) in [5.74, 6) is 2.57. The van der Waals surface area contributed by atoms with Crippen molar-refractivity contribution in [2.75, 3.05) is 20.2 Å². The highest BCUT2D eigenvalue weighted by molar-refractivity contribution is 14.0. The van der Waals surface area contributed by atoms with Gasteiger partial charge in [-0.15, -0.1) is 34.2 Å². The van der Waals surface area contributed by atoms with Gasteiger partial charge in [0, 0.05) is 27.2 Å². The number of guanidine groups is 1. The number of hydrogen-bond donors (Lipinski definition) is 1. The molecule has 2 rings (SSSR count). The van der Waals surface area contributed by atoms with Gasteiger partial charge in [-0.25, -0.2) is 4.99 Å². The maximum absolute atomic E-state index is 5.48. The van der Waals surface area contributed by atoms with Gasteiger partial charge in [0.2, 0.25) is 0 Å². The van der Waals surface area contributed by atoms with E-state index >= 15 is 0 Å². The highest BCUT2D eigenvalue weighted by atomic mass is 127. The van der Waals surface area contributed by atoms with E-state index in [4.69, 9.17) is 4.74 Å². The van der Waals surface area contributed by atoms with Crippen molar-refractivity contribution in [2.24, 2.45) is 12.0 Å². The molecule has 0 saturated carbocycles. The fourth-order valence-electron chi connectivity index (χ4n) is 2.27. The summed E-state index contributed by atoms with van der Waals surface area (Å²) in [5, 5.41) is 11.3. The summed E-state index contributed by atoms with van der Waals surface area (Å²) in [4.78, 5) is 6.74. The lowest BCUT2D eigenvalue weighted by atomic mass is 10.2. The summed E-state index contributed by atoms with van der Waals surface area (Å²) in [6.07, 6.45) is 1.68. The Morgan fingerprint density at radius 1 is 1.28 bits per heavy atom. The lowest BCUT2D eigenvalue weighted by molar-refractivity contribution is 0.340. The zero-order valence-electron chi connectivity index (χ0n) is 15.3. The molecule has 8 heteroatoms. The van der Waals surface area contributed by atoms with Gasteiger partial charge in [0.25, 0.3) is 0 Å². The van der Waals surface area contributed by atoms with Crippen LogP contribution in [0.2, 0.25) is 0 Å². The molecule has 2 aromatic rings. The van der Waals surface area contributed by atoms with Gasteiger partial charge in [0.05, 0.1) is 6.61 Å². The zero-order valence-corrected chi connectivity index (χ0v) is 17.6. The molecule has 1 aromatic heterocycles. The Hall–Kier alpha value is -1.84. The van der Waals surface area contributed by atoms with Gasteiger partial charge in [0.1, 0.15) is 18.6 Å². The Balaban J connectivity index is 0.00000312. The molecule has 1 aromatic carbocycles. The third kappa shape index (κ3) is 6.52. The van der Waals surface area contributed by atoms with Crippen molar-refractivity contribution < 1.29 is 4.74 Å². The molecular weight excluding hydrogens is 431 g/mol. The maximum atomic E-state index is 5.48. The molecule has 25 heavy (non-hydrogen) atoms. The number of nitrogens with one attached hydrogen (secondary N) is 1. The van der Waals surface area contributed by atoms with Crippen molar-refractivity contribution in [3.05, 3.63) is 42.0 Å². The van der Waals surface area contributed by atoms with Gasteiger partial charge in [-0.05, 0) is 31.5 Å². The van der Waals surface area contributed by atoms with Gasteiger partial charge in [-0.3, -0.25) is 0 Å². The molecule has 0 radical (unpaired) electrons. The first-order valence-corrected chi connectivity index (χ1v) is 8.18. The molecule has 0 fully saturated rings. The normalized spacial score (nSPS) is 11.0. The molecule has 1 N–H and O–H groups in total. The van der Waals surface area contributed by atoms with E-state index in [1.54, 1.807) is 6.33 Å². The van der Waals surface area contributed by atoms with Crippen LogP contribution in [0.5, 0.6) is 5.75 Å². The molecule has 0 aliphatic heterocycles.